The van der Waals surface area contributed by atoms with E-state index in [9.17, 15) is 10.1 Å². The Bertz CT molecular complexity index is 504. The molecule has 5 heteroatoms. The molecule has 1 aromatic carbocycles. The van der Waals surface area contributed by atoms with Gasteiger partial charge in [-0.2, -0.15) is 0 Å². The summed E-state index contributed by atoms with van der Waals surface area (Å²) in [5, 5.41) is 14.3. The first kappa shape index (κ1) is 15.8. The van der Waals surface area contributed by atoms with E-state index >= 15 is 0 Å². The van der Waals surface area contributed by atoms with E-state index in [1.54, 1.807) is 12.1 Å². The topological polar surface area (TPSA) is 58.4 Å². The molecule has 1 heterocycles. The van der Waals surface area contributed by atoms with Crippen LogP contribution in [0.15, 0.2) is 18.2 Å². The Morgan fingerprint density at radius 1 is 1.38 bits per heavy atom. The highest BCUT2D eigenvalue weighted by atomic mass is 16.6. The van der Waals surface area contributed by atoms with Crippen LogP contribution in [0, 0.1) is 10.1 Å². The third kappa shape index (κ3) is 3.53. The van der Waals surface area contributed by atoms with Crippen molar-refractivity contribution in [3.8, 4) is 0 Å². The average molecular weight is 291 g/mol. The Labute approximate surface area is 126 Å². The fourth-order valence-corrected chi connectivity index (χ4v) is 3.23. The first-order chi connectivity index (χ1) is 10.1. The van der Waals surface area contributed by atoms with Crippen molar-refractivity contribution in [3.05, 3.63) is 33.9 Å². The van der Waals surface area contributed by atoms with Crippen molar-refractivity contribution in [2.45, 2.75) is 58.7 Å². The molecule has 0 radical (unpaired) electrons. The molecule has 1 fully saturated rings. The zero-order valence-corrected chi connectivity index (χ0v) is 13.1. The van der Waals surface area contributed by atoms with Gasteiger partial charge in [-0.1, -0.05) is 6.92 Å². The standard InChI is InChI=1S/C16H25N3O2/c1-4-14-7-6-12(3)18(14)11-13-10-15(19(20)21)8-9-16(13)17-5-2/h8-10,12,14,17H,4-7,11H2,1-3H3. The monoisotopic (exact) mass is 291 g/mol. The molecule has 2 unspecified atom stereocenters. The Morgan fingerprint density at radius 3 is 2.76 bits per heavy atom. The van der Waals surface area contributed by atoms with Crippen LogP contribution in [0.25, 0.3) is 0 Å². The smallest absolute Gasteiger partial charge is 0.269 e. The van der Waals surface area contributed by atoms with Gasteiger partial charge in [-0.15, -0.1) is 0 Å². The highest BCUT2D eigenvalue weighted by Gasteiger charge is 2.29. The van der Waals surface area contributed by atoms with Gasteiger partial charge in [0.1, 0.15) is 0 Å². The number of anilines is 1. The van der Waals surface area contributed by atoms with Crippen molar-refractivity contribution in [2.75, 3.05) is 11.9 Å². The number of likely N-dealkylation sites (tertiary alicyclic amines) is 1. The maximum Gasteiger partial charge on any atom is 0.269 e. The lowest BCUT2D eigenvalue weighted by atomic mass is 10.1. The number of non-ortho nitro benzene ring substituents is 1. The molecule has 1 saturated heterocycles. The van der Waals surface area contributed by atoms with Crippen LogP contribution < -0.4 is 5.32 Å². The van der Waals surface area contributed by atoms with Gasteiger partial charge >= 0.3 is 0 Å². The second-order valence-electron chi connectivity index (χ2n) is 5.79. The van der Waals surface area contributed by atoms with Crippen LogP contribution in [0.5, 0.6) is 0 Å². The molecule has 0 spiro atoms. The Balaban J connectivity index is 2.27. The Morgan fingerprint density at radius 2 is 2.14 bits per heavy atom. The summed E-state index contributed by atoms with van der Waals surface area (Å²) in [6.07, 6.45) is 3.57. The molecule has 0 saturated carbocycles. The van der Waals surface area contributed by atoms with Crippen LogP contribution in [0.1, 0.15) is 45.6 Å². The van der Waals surface area contributed by atoms with E-state index in [2.05, 4.69) is 24.1 Å². The number of benzene rings is 1. The maximum absolute atomic E-state index is 11.0. The molecule has 1 aromatic rings. The lowest BCUT2D eigenvalue weighted by Gasteiger charge is -2.28. The molecular weight excluding hydrogens is 266 g/mol. The van der Waals surface area contributed by atoms with E-state index in [-0.39, 0.29) is 10.6 Å². The average Bonchev–Trinajstić information content (AvgIpc) is 2.81. The van der Waals surface area contributed by atoms with Crippen molar-refractivity contribution in [1.82, 2.24) is 4.90 Å². The molecule has 1 N–H and O–H groups in total. The van der Waals surface area contributed by atoms with Gasteiger partial charge in [0.05, 0.1) is 4.92 Å². The first-order valence-corrected chi connectivity index (χ1v) is 7.83. The minimum atomic E-state index is -0.316. The van der Waals surface area contributed by atoms with Crippen LogP contribution in [-0.2, 0) is 6.54 Å². The van der Waals surface area contributed by atoms with E-state index in [0.717, 1.165) is 30.8 Å². The largest absolute Gasteiger partial charge is 0.385 e. The van der Waals surface area contributed by atoms with Gasteiger partial charge in [-0.3, -0.25) is 15.0 Å². The van der Waals surface area contributed by atoms with Crippen LogP contribution in [0.3, 0.4) is 0 Å². The van der Waals surface area contributed by atoms with Crippen LogP contribution in [0.4, 0.5) is 11.4 Å². The second kappa shape index (κ2) is 6.89. The summed E-state index contributed by atoms with van der Waals surface area (Å²) >= 11 is 0. The molecule has 2 atom stereocenters. The lowest BCUT2D eigenvalue weighted by Crippen LogP contribution is -2.33. The molecule has 1 aliphatic heterocycles. The van der Waals surface area contributed by atoms with Gasteiger partial charge in [0, 0.05) is 43.0 Å². The van der Waals surface area contributed by atoms with Gasteiger partial charge in [0.15, 0.2) is 0 Å². The van der Waals surface area contributed by atoms with Crippen molar-refractivity contribution in [3.63, 3.8) is 0 Å². The molecule has 2 rings (SSSR count). The maximum atomic E-state index is 11.0. The summed E-state index contributed by atoms with van der Waals surface area (Å²) in [6, 6.07) is 6.26. The number of nitro benzene ring substituents is 1. The van der Waals surface area contributed by atoms with Crippen LogP contribution in [-0.4, -0.2) is 28.5 Å². The summed E-state index contributed by atoms with van der Waals surface area (Å²) in [4.78, 5) is 13.2. The van der Waals surface area contributed by atoms with E-state index in [1.165, 1.54) is 12.8 Å². The molecular formula is C16H25N3O2. The summed E-state index contributed by atoms with van der Waals surface area (Å²) < 4.78 is 0. The van der Waals surface area contributed by atoms with Gasteiger partial charge < -0.3 is 5.32 Å². The summed E-state index contributed by atoms with van der Waals surface area (Å²) in [5.74, 6) is 0. The van der Waals surface area contributed by atoms with Crippen molar-refractivity contribution >= 4 is 11.4 Å². The normalized spacial score (nSPS) is 22.4. The molecule has 5 nitrogen and oxygen atoms in total. The van der Waals surface area contributed by atoms with Crippen LogP contribution >= 0.6 is 0 Å². The zero-order chi connectivity index (χ0) is 15.4. The molecule has 1 aliphatic rings. The molecule has 0 aromatic heterocycles. The molecule has 0 aliphatic carbocycles. The number of hydrogen-bond acceptors (Lipinski definition) is 4. The van der Waals surface area contributed by atoms with Gasteiger partial charge in [-0.05, 0) is 44.7 Å². The molecule has 116 valence electrons. The lowest BCUT2D eigenvalue weighted by molar-refractivity contribution is -0.384. The van der Waals surface area contributed by atoms with Gasteiger partial charge in [-0.25, -0.2) is 0 Å². The minimum Gasteiger partial charge on any atom is -0.385 e. The predicted molar refractivity (Wildman–Crippen MR) is 85.6 cm³/mol. The van der Waals surface area contributed by atoms with E-state index in [4.69, 9.17) is 0 Å². The second-order valence-corrected chi connectivity index (χ2v) is 5.79. The Kier molecular flexibility index (Phi) is 5.17. The number of nitro groups is 1. The first-order valence-electron chi connectivity index (χ1n) is 7.83. The number of nitrogens with one attached hydrogen (secondary N) is 1. The molecule has 0 amide bonds. The quantitative estimate of drug-likeness (QED) is 0.640. The third-order valence-corrected chi connectivity index (χ3v) is 4.44. The minimum absolute atomic E-state index is 0.173. The third-order valence-electron chi connectivity index (χ3n) is 4.44. The molecule has 0 bridgehead atoms. The highest BCUT2D eigenvalue weighted by molar-refractivity contribution is 5.56. The molecule has 21 heavy (non-hydrogen) atoms. The van der Waals surface area contributed by atoms with E-state index in [1.807, 2.05) is 13.0 Å². The Hall–Kier alpha value is -1.62. The van der Waals surface area contributed by atoms with Gasteiger partial charge in [0.2, 0.25) is 0 Å². The number of hydrogen-bond donors (Lipinski definition) is 1. The van der Waals surface area contributed by atoms with Crippen molar-refractivity contribution in [1.29, 1.82) is 0 Å². The number of nitrogens with zero attached hydrogens (tertiary/aromatic N) is 2. The fourth-order valence-electron chi connectivity index (χ4n) is 3.23. The summed E-state index contributed by atoms with van der Waals surface area (Å²) in [5.41, 5.74) is 2.21. The van der Waals surface area contributed by atoms with Gasteiger partial charge in [0.25, 0.3) is 5.69 Å². The van der Waals surface area contributed by atoms with Crippen molar-refractivity contribution in [2.24, 2.45) is 0 Å². The zero-order valence-electron chi connectivity index (χ0n) is 13.1. The van der Waals surface area contributed by atoms with Crippen molar-refractivity contribution < 1.29 is 4.92 Å². The summed E-state index contributed by atoms with van der Waals surface area (Å²) in [6.45, 7) is 8.11. The number of rotatable bonds is 6. The van der Waals surface area contributed by atoms with Crippen LogP contribution in [0.2, 0.25) is 0 Å². The van der Waals surface area contributed by atoms with E-state index in [0.29, 0.717) is 12.1 Å². The highest BCUT2D eigenvalue weighted by Crippen LogP contribution is 2.31. The van der Waals surface area contributed by atoms with E-state index < -0.39 is 0 Å². The summed E-state index contributed by atoms with van der Waals surface area (Å²) in [7, 11) is 0. The SMILES string of the molecule is CCNc1ccc([N+](=O)[O-])cc1CN1C(C)CCC1CC. The predicted octanol–water partition coefficient (Wildman–Crippen LogP) is 3.79. The fraction of sp³-hybridized carbons (Fsp3) is 0.625.